The summed E-state index contributed by atoms with van der Waals surface area (Å²) in [6, 6.07) is 26.6. The minimum absolute atomic E-state index is 0.158. The molecule has 0 aliphatic rings. The molecule has 0 aliphatic carbocycles. The summed E-state index contributed by atoms with van der Waals surface area (Å²) in [5, 5.41) is 12.3. The zero-order valence-electron chi connectivity index (χ0n) is 19.6. The third-order valence-electron chi connectivity index (χ3n) is 5.65. The van der Waals surface area contributed by atoms with Gasteiger partial charge in [0, 0.05) is 12.8 Å². The second kappa shape index (κ2) is 14.1. The number of carbonyl (C=O) groups is 2. The normalized spacial score (nSPS) is 13.1. The molecule has 0 aromatic heterocycles. The lowest BCUT2D eigenvalue weighted by Gasteiger charge is -2.17. The van der Waals surface area contributed by atoms with Gasteiger partial charge < -0.3 is 15.3 Å². The molecule has 0 saturated heterocycles. The molecule has 0 radical (unpaired) electrons. The Balaban J connectivity index is 1.65. The van der Waals surface area contributed by atoms with Crippen molar-refractivity contribution in [3.63, 3.8) is 0 Å². The number of carbonyl (C=O) groups excluding carboxylic acids is 1. The Morgan fingerprint density at radius 3 is 1.86 bits per heavy atom. The maximum Gasteiger partial charge on any atom is 0.326 e. The van der Waals surface area contributed by atoms with Crippen LogP contribution < -0.4 is 10.2 Å². The molecule has 2 N–H and O–H groups in total. The fraction of sp³-hybridized carbons (Fsp3) is 0.286. The average molecular weight is 491 g/mol. The summed E-state index contributed by atoms with van der Waals surface area (Å²) >= 11 is 0. The van der Waals surface area contributed by atoms with Gasteiger partial charge in [-0.25, -0.2) is 4.79 Å². The molecule has 35 heavy (non-hydrogen) atoms. The summed E-state index contributed by atoms with van der Waals surface area (Å²) in [5.74, 6) is -1.64. The molecule has 0 bridgehead atoms. The molecule has 1 amide bonds. The van der Waals surface area contributed by atoms with Gasteiger partial charge in [-0.2, -0.15) is 0 Å². The van der Waals surface area contributed by atoms with E-state index < -0.39 is 31.9 Å². The van der Waals surface area contributed by atoms with E-state index in [0.717, 1.165) is 30.4 Å². The van der Waals surface area contributed by atoms with Gasteiger partial charge in [-0.05, 0) is 36.0 Å². The number of unbranched alkanes of at least 4 members (excludes halogenated alkanes) is 1. The number of rotatable bonds is 13. The van der Waals surface area contributed by atoms with Gasteiger partial charge in [0.2, 0.25) is 5.91 Å². The summed E-state index contributed by atoms with van der Waals surface area (Å²) in [4.78, 5) is 37.7. The van der Waals surface area contributed by atoms with Crippen molar-refractivity contribution in [3.8, 4) is 0 Å². The fourth-order valence-corrected chi connectivity index (χ4v) is 4.88. The van der Waals surface area contributed by atoms with Gasteiger partial charge in [-0.3, -0.25) is 4.79 Å². The number of aliphatic carboxylic acids is 1. The Morgan fingerprint density at radius 2 is 1.31 bits per heavy atom. The molecule has 3 aromatic carbocycles. The van der Waals surface area contributed by atoms with Crippen molar-refractivity contribution in [1.82, 2.24) is 5.32 Å². The zero-order chi connectivity index (χ0) is 24.9. The molecule has 0 heterocycles. The van der Waals surface area contributed by atoms with Crippen molar-refractivity contribution in [2.75, 3.05) is 6.16 Å². The molecule has 0 fully saturated rings. The van der Waals surface area contributed by atoms with Gasteiger partial charge in [0.25, 0.3) is 0 Å². The van der Waals surface area contributed by atoms with Crippen LogP contribution in [0, 0.1) is 0 Å². The van der Waals surface area contributed by atoms with Crippen LogP contribution in [0.15, 0.2) is 95.7 Å². The third kappa shape index (κ3) is 9.44. The third-order valence-corrected chi connectivity index (χ3v) is 6.88. The number of nitrogens with zero attached hydrogens (tertiary/aromatic N) is 1. The lowest BCUT2D eigenvalue weighted by atomic mass is 10.0. The summed E-state index contributed by atoms with van der Waals surface area (Å²) in [6.07, 6.45) is 3.33. The van der Waals surface area contributed by atoms with Crippen LogP contribution in [0.5, 0.6) is 0 Å². The smallest absolute Gasteiger partial charge is 0.326 e. The molecule has 0 spiro atoms. The van der Waals surface area contributed by atoms with Gasteiger partial charge in [-0.1, -0.05) is 91.0 Å². The van der Waals surface area contributed by atoms with Crippen molar-refractivity contribution in [1.29, 1.82) is 0 Å². The largest absolute Gasteiger partial charge is 0.612 e. The molecule has 3 atom stereocenters. The standard InChI is InChI=1S/C28H31N2O4P/c31-27(29-26(28(32)33)21-24-17-8-3-9-18-24)25(20-23-15-6-2-7-16-23)30-35(34)19-11-10-14-22-12-4-1-5-13-22/h1-9,12-13,15-18,25-26H,10-11,14,19-21H2,(H,29,31)(H,32,33)/t25-,26-/m0/s1. The number of carboxylic acid groups (broad SMARTS) is 1. The molecule has 0 saturated carbocycles. The first-order chi connectivity index (χ1) is 17.0. The second-order valence-corrected chi connectivity index (χ2v) is 9.81. The Labute approximate surface area is 207 Å². The highest BCUT2D eigenvalue weighted by molar-refractivity contribution is 7.39. The lowest BCUT2D eigenvalue weighted by molar-refractivity contribution is -0.156. The van der Waals surface area contributed by atoms with Crippen LogP contribution in [0.1, 0.15) is 29.5 Å². The van der Waals surface area contributed by atoms with Crippen LogP contribution in [-0.2, 0) is 28.9 Å². The number of aryl methyl sites for hydroxylation is 1. The SMILES string of the molecule is O=C(N[C@@H](Cc1ccccc1)C(=O)O)[C@H](Cc1ccccc1)N=[P+]([O-])CCCCc1ccccc1. The molecule has 0 aliphatic heterocycles. The highest BCUT2D eigenvalue weighted by atomic mass is 31.1. The quantitative estimate of drug-likeness (QED) is 0.274. The monoisotopic (exact) mass is 490 g/mol. The van der Waals surface area contributed by atoms with E-state index in [9.17, 15) is 19.6 Å². The first-order valence-corrected chi connectivity index (χ1v) is 13.2. The minimum Gasteiger partial charge on any atom is -0.612 e. The molecular weight excluding hydrogens is 459 g/mol. The number of hydrogen-bond donors (Lipinski definition) is 2. The van der Waals surface area contributed by atoms with Crippen LogP contribution in [0.4, 0.5) is 0 Å². The van der Waals surface area contributed by atoms with E-state index in [1.165, 1.54) is 5.56 Å². The second-order valence-electron chi connectivity index (χ2n) is 8.43. The average Bonchev–Trinajstić information content (AvgIpc) is 2.87. The van der Waals surface area contributed by atoms with E-state index in [1.807, 2.05) is 78.9 Å². The molecule has 182 valence electrons. The molecule has 3 rings (SSSR count). The lowest BCUT2D eigenvalue weighted by Crippen LogP contribution is -2.46. The van der Waals surface area contributed by atoms with Crippen molar-refractivity contribution < 1.29 is 19.6 Å². The van der Waals surface area contributed by atoms with Gasteiger partial charge in [0.15, 0.2) is 14.0 Å². The first-order valence-electron chi connectivity index (χ1n) is 11.8. The Hall–Kier alpha value is -3.34. The van der Waals surface area contributed by atoms with Crippen molar-refractivity contribution in [3.05, 3.63) is 108 Å². The van der Waals surface area contributed by atoms with Crippen molar-refractivity contribution in [2.24, 2.45) is 4.74 Å². The molecule has 6 nitrogen and oxygen atoms in total. The number of amides is 1. The van der Waals surface area contributed by atoms with Gasteiger partial charge in [0.1, 0.15) is 12.2 Å². The Morgan fingerprint density at radius 1 is 0.800 bits per heavy atom. The highest BCUT2D eigenvalue weighted by Crippen LogP contribution is 2.22. The predicted molar refractivity (Wildman–Crippen MR) is 137 cm³/mol. The van der Waals surface area contributed by atoms with Gasteiger partial charge in [-0.15, -0.1) is 4.74 Å². The van der Waals surface area contributed by atoms with E-state index in [-0.39, 0.29) is 12.8 Å². The van der Waals surface area contributed by atoms with Crippen LogP contribution in [0.25, 0.3) is 0 Å². The number of carboxylic acids is 1. The highest BCUT2D eigenvalue weighted by Gasteiger charge is 2.27. The number of hydrogen-bond acceptors (Lipinski definition) is 4. The van der Waals surface area contributed by atoms with E-state index in [1.54, 1.807) is 0 Å². The van der Waals surface area contributed by atoms with E-state index in [4.69, 9.17) is 0 Å². The summed E-state index contributed by atoms with van der Waals surface area (Å²) in [7, 11) is -1.95. The van der Waals surface area contributed by atoms with Gasteiger partial charge in [0.05, 0.1) is 0 Å². The molecular formula is C28H31N2O4P. The number of benzene rings is 3. The van der Waals surface area contributed by atoms with E-state index in [2.05, 4.69) is 22.2 Å². The van der Waals surface area contributed by atoms with Crippen LogP contribution in [-0.4, -0.2) is 35.2 Å². The van der Waals surface area contributed by atoms with Crippen molar-refractivity contribution in [2.45, 2.75) is 44.2 Å². The number of nitrogens with one attached hydrogen (secondary N) is 1. The molecule has 1 unspecified atom stereocenters. The summed E-state index contributed by atoms with van der Waals surface area (Å²) in [5.41, 5.74) is 2.92. The topological polar surface area (TPSA) is 102 Å². The Kier molecular flexibility index (Phi) is 10.6. The van der Waals surface area contributed by atoms with Gasteiger partial charge >= 0.3 is 5.97 Å². The van der Waals surface area contributed by atoms with Crippen LogP contribution in [0.2, 0.25) is 0 Å². The fourth-order valence-electron chi connectivity index (χ4n) is 3.78. The minimum atomic E-state index is -1.95. The maximum atomic E-state index is 13.1. The van der Waals surface area contributed by atoms with E-state index >= 15 is 0 Å². The maximum absolute atomic E-state index is 13.1. The van der Waals surface area contributed by atoms with Crippen LogP contribution >= 0.6 is 7.94 Å². The first kappa shape index (κ1) is 26.3. The van der Waals surface area contributed by atoms with Crippen LogP contribution in [0.3, 0.4) is 0 Å². The summed E-state index contributed by atoms with van der Waals surface area (Å²) in [6.45, 7) is 0. The van der Waals surface area contributed by atoms with Crippen molar-refractivity contribution >= 4 is 19.8 Å². The Bertz CT molecular complexity index is 1090. The molecule has 3 aromatic rings. The predicted octanol–water partition coefficient (Wildman–Crippen LogP) is 4.37. The summed E-state index contributed by atoms with van der Waals surface area (Å²) < 4.78 is 4.34. The van der Waals surface area contributed by atoms with E-state index in [0.29, 0.717) is 6.16 Å². The zero-order valence-corrected chi connectivity index (χ0v) is 20.5. The molecule has 7 heteroatoms.